The molecule has 0 amide bonds. The average molecular weight is 1300 g/mol. The highest BCUT2D eigenvalue weighted by atomic mass is 31.2. The number of carbonyl (C=O) groups is 4. The topological polar surface area (TPSA) is 237 Å². The Labute approximate surface area is 537 Å². The molecule has 0 saturated carbocycles. The molecule has 3 unspecified atom stereocenters. The van der Waals surface area contributed by atoms with E-state index < -0.39 is 97.5 Å². The highest BCUT2D eigenvalue weighted by Gasteiger charge is 2.30. The number of ether oxygens (including phenoxy) is 4. The smallest absolute Gasteiger partial charge is 0.462 e. The molecule has 0 fully saturated rings. The zero-order valence-electron chi connectivity index (χ0n) is 57.3. The van der Waals surface area contributed by atoms with Gasteiger partial charge in [0.15, 0.2) is 12.2 Å². The summed E-state index contributed by atoms with van der Waals surface area (Å²) in [7, 11) is -9.90. The standard InChI is InChI=1S/C69H134O17P2/c1-9-62(8)48-40-32-26-28-34-42-50-67(72)80-56-65(86-68(73)51-43-35-23-19-15-11-10-13-17-21-29-37-45-59(2)3)58-84-88(77,78)82-54-63(70)53-81-87(75,76)83-57-64(55-79-66(71)49-41-33-27-25-31-39-47-61(6)7)85-69(74)52-44-36-24-20-16-12-14-18-22-30-38-46-60(4)5/h59-65,70H,9-58H2,1-8H3,(H,75,76)(H,77,78)/t62?,63-,64-,65-/m1/s1. The summed E-state index contributed by atoms with van der Waals surface area (Å²) in [4.78, 5) is 72.4. The summed E-state index contributed by atoms with van der Waals surface area (Å²) in [5, 5.41) is 10.6. The van der Waals surface area contributed by atoms with Crippen LogP contribution in [-0.4, -0.2) is 96.7 Å². The van der Waals surface area contributed by atoms with E-state index in [0.29, 0.717) is 31.6 Å². The third-order valence-corrected chi connectivity index (χ3v) is 18.1. The summed E-state index contributed by atoms with van der Waals surface area (Å²) in [6, 6.07) is 0. The Morgan fingerprint density at radius 3 is 0.807 bits per heavy atom. The molecule has 88 heavy (non-hydrogen) atoms. The third kappa shape index (κ3) is 61.6. The molecule has 17 nitrogen and oxygen atoms in total. The Kier molecular flexibility index (Phi) is 57.6. The van der Waals surface area contributed by atoms with Crippen molar-refractivity contribution in [2.24, 2.45) is 23.7 Å². The van der Waals surface area contributed by atoms with Crippen molar-refractivity contribution < 1.29 is 80.2 Å². The van der Waals surface area contributed by atoms with E-state index in [4.69, 9.17) is 37.0 Å². The van der Waals surface area contributed by atoms with Crippen molar-refractivity contribution in [3.05, 3.63) is 0 Å². The third-order valence-electron chi connectivity index (χ3n) is 16.2. The number of carbonyl (C=O) groups excluding carboxylic acids is 4. The van der Waals surface area contributed by atoms with Crippen LogP contribution in [-0.2, 0) is 65.4 Å². The molecule has 522 valence electrons. The predicted octanol–water partition coefficient (Wildman–Crippen LogP) is 19.3. The number of phosphoric acid groups is 2. The molecule has 0 aliphatic carbocycles. The van der Waals surface area contributed by atoms with Gasteiger partial charge in [-0.05, 0) is 49.4 Å². The fourth-order valence-corrected chi connectivity index (χ4v) is 11.9. The summed E-state index contributed by atoms with van der Waals surface area (Å²) in [6.45, 7) is 14.0. The molecule has 6 atom stereocenters. The van der Waals surface area contributed by atoms with Crippen molar-refractivity contribution in [3.63, 3.8) is 0 Å². The second-order valence-corrected chi connectivity index (χ2v) is 29.5. The Morgan fingerprint density at radius 1 is 0.318 bits per heavy atom. The molecule has 3 N–H and O–H groups in total. The van der Waals surface area contributed by atoms with Crippen molar-refractivity contribution >= 4 is 39.5 Å². The van der Waals surface area contributed by atoms with Crippen LogP contribution in [0.5, 0.6) is 0 Å². The van der Waals surface area contributed by atoms with Gasteiger partial charge in [-0.1, -0.05) is 287 Å². The fourth-order valence-electron chi connectivity index (χ4n) is 10.3. The first-order valence-corrected chi connectivity index (χ1v) is 38.7. The quantitative estimate of drug-likeness (QED) is 0.0222. The highest BCUT2D eigenvalue weighted by Crippen LogP contribution is 2.45. The molecular formula is C69H134O17P2. The average Bonchev–Trinajstić information content (AvgIpc) is 3.56. The van der Waals surface area contributed by atoms with Gasteiger partial charge in [-0.15, -0.1) is 0 Å². The molecule has 0 aromatic rings. The van der Waals surface area contributed by atoms with E-state index in [9.17, 15) is 43.2 Å². The first kappa shape index (κ1) is 86.1. The minimum Gasteiger partial charge on any atom is -0.462 e. The van der Waals surface area contributed by atoms with Crippen LogP contribution in [0.3, 0.4) is 0 Å². The van der Waals surface area contributed by atoms with Gasteiger partial charge in [-0.2, -0.15) is 0 Å². The predicted molar refractivity (Wildman–Crippen MR) is 354 cm³/mol. The first-order valence-electron chi connectivity index (χ1n) is 35.7. The fraction of sp³-hybridized carbons (Fsp3) is 0.942. The molecule has 0 spiro atoms. The van der Waals surface area contributed by atoms with E-state index in [0.717, 1.165) is 120 Å². The Balaban J connectivity index is 5.24. The molecular weight excluding hydrogens is 1160 g/mol. The summed E-state index contributed by atoms with van der Waals surface area (Å²) in [5.41, 5.74) is 0. The van der Waals surface area contributed by atoms with Crippen molar-refractivity contribution in [2.45, 2.75) is 356 Å². The number of hydrogen-bond donors (Lipinski definition) is 3. The summed E-state index contributed by atoms with van der Waals surface area (Å²) >= 11 is 0. The number of rotatable bonds is 66. The van der Waals surface area contributed by atoms with Crippen LogP contribution in [0.25, 0.3) is 0 Å². The van der Waals surface area contributed by atoms with Gasteiger partial charge in [0.1, 0.15) is 19.3 Å². The lowest BCUT2D eigenvalue weighted by Gasteiger charge is -2.21. The molecule has 0 aliphatic heterocycles. The van der Waals surface area contributed by atoms with Gasteiger partial charge in [0.2, 0.25) is 0 Å². The van der Waals surface area contributed by atoms with Gasteiger partial charge in [-0.25, -0.2) is 9.13 Å². The number of aliphatic hydroxyl groups excluding tert-OH is 1. The van der Waals surface area contributed by atoms with Crippen molar-refractivity contribution in [3.8, 4) is 0 Å². The second-order valence-electron chi connectivity index (χ2n) is 26.6. The van der Waals surface area contributed by atoms with E-state index in [1.54, 1.807) is 0 Å². The lowest BCUT2D eigenvalue weighted by molar-refractivity contribution is -0.161. The molecule has 0 aliphatic rings. The zero-order valence-corrected chi connectivity index (χ0v) is 59.1. The van der Waals surface area contributed by atoms with Crippen molar-refractivity contribution in [1.29, 1.82) is 0 Å². The van der Waals surface area contributed by atoms with E-state index in [2.05, 4.69) is 55.4 Å². The highest BCUT2D eigenvalue weighted by molar-refractivity contribution is 7.47. The largest absolute Gasteiger partial charge is 0.472 e. The van der Waals surface area contributed by atoms with E-state index in [-0.39, 0.29) is 25.7 Å². The van der Waals surface area contributed by atoms with Crippen LogP contribution in [0.4, 0.5) is 0 Å². The first-order chi connectivity index (χ1) is 42.1. The number of phosphoric ester groups is 2. The van der Waals surface area contributed by atoms with Crippen molar-refractivity contribution in [2.75, 3.05) is 39.6 Å². The second kappa shape index (κ2) is 58.8. The minimum absolute atomic E-state index is 0.105. The number of esters is 4. The van der Waals surface area contributed by atoms with Gasteiger partial charge in [0, 0.05) is 25.7 Å². The Bertz CT molecular complexity index is 1750. The van der Waals surface area contributed by atoms with Gasteiger partial charge in [0.05, 0.1) is 26.4 Å². The monoisotopic (exact) mass is 1300 g/mol. The van der Waals surface area contributed by atoms with Gasteiger partial charge >= 0.3 is 39.5 Å². The number of aliphatic hydroxyl groups is 1. The Hall–Kier alpha value is -1.94. The normalized spacial score (nSPS) is 14.6. The van der Waals surface area contributed by atoms with Crippen LogP contribution in [0.1, 0.15) is 338 Å². The maximum atomic E-state index is 13.0. The summed E-state index contributed by atoms with van der Waals surface area (Å²) < 4.78 is 68.2. The van der Waals surface area contributed by atoms with E-state index in [1.807, 2.05) is 0 Å². The molecule has 0 saturated heterocycles. The maximum absolute atomic E-state index is 13.0. The van der Waals surface area contributed by atoms with Crippen LogP contribution in [0, 0.1) is 23.7 Å². The number of hydrogen-bond acceptors (Lipinski definition) is 15. The lowest BCUT2D eigenvalue weighted by atomic mass is 10.00. The Morgan fingerprint density at radius 2 is 0.545 bits per heavy atom. The number of unbranched alkanes of at least 4 members (excludes halogenated alkanes) is 31. The van der Waals surface area contributed by atoms with Crippen LogP contribution in [0.2, 0.25) is 0 Å². The molecule has 0 heterocycles. The van der Waals surface area contributed by atoms with Crippen LogP contribution in [0.15, 0.2) is 0 Å². The molecule has 0 aromatic carbocycles. The van der Waals surface area contributed by atoms with Crippen LogP contribution < -0.4 is 0 Å². The zero-order chi connectivity index (χ0) is 65.4. The summed E-state index contributed by atoms with van der Waals surface area (Å²) in [6.07, 6.45) is 40.4. The molecule has 0 aromatic heterocycles. The summed E-state index contributed by atoms with van der Waals surface area (Å²) in [5.74, 6) is 0.819. The minimum atomic E-state index is -4.95. The van der Waals surface area contributed by atoms with Gasteiger partial charge < -0.3 is 33.8 Å². The van der Waals surface area contributed by atoms with Crippen LogP contribution >= 0.6 is 15.6 Å². The molecule has 0 rings (SSSR count). The van der Waals surface area contributed by atoms with E-state index >= 15 is 0 Å². The molecule has 19 heteroatoms. The lowest BCUT2D eigenvalue weighted by Crippen LogP contribution is -2.30. The van der Waals surface area contributed by atoms with Crippen molar-refractivity contribution in [1.82, 2.24) is 0 Å². The SMILES string of the molecule is CCC(C)CCCCCCCCC(=O)OC[C@H](COP(=O)(O)OC[C@H](O)COP(=O)(O)OC[C@@H](COC(=O)CCCCCCCCC(C)C)OC(=O)CCCCCCCCCCCCCC(C)C)OC(=O)CCCCCCCCCCCCCCC(C)C. The maximum Gasteiger partial charge on any atom is 0.472 e. The van der Waals surface area contributed by atoms with E-state index in [1.165, 1.54) is 128 Å². The molecule has 0 bridgehead atoms. The van der Waals surface area contributed by atoms with Gasteiger partial charge in [0.25, 0.3) is 0 Å². The molecule has 0 radical (unpaired) electrons. The van der Waals surface area contributed by atoms with Gasteiger partial charge in [-0.3, -0.25) is 37.3 Å².